The fourth-order valence-electron chi connectivity index (χ4n) is 7.71. The Labute approximate surface area is 291 Å². The van der Waals surface area contributed by atoms with Crippen molar-refractivity contribution in [2.45, 2.75) is 39.3 Å². The van der Waals surface area contributed by atoms with E-state index in [0.29, 0.717) is 16.6 Å². The Hall–Kier alpha value is -5.28. The first-order chi connectivity index (χ1) is 24.1. The van der Waals surface area contributed by atoms with Crippen LogP contribution in [0.5, 0.6) is 0 Å². The van der Waals surface area contributed by atoms with Crippen LogP contribution < -0.4 is 10.4 Å². The number of aromatic nitrogens is 2. The first-order valence-corrected chi connectivity index (χ1v) is 19.6. The van der Waals surface area contributed by atoms with Crippen molar-refractivity contribution in [3.05, 3.63) is 144 Å². The normalized spacial score (nSPS) is 12.9. The van der Waals surface area contributed by atoms with Gasteiger partial charge in [0.1, 0.15) is 8.07 Å². The first kappa shape index (κ1) is 32.9. The molecule has 0 aliphatic rings. The molecule has 0 saturated carbocycles. The van der Waals surface area contributed by atoms with Crippen LogP contribution in [0, 0.1) is 13.8 Å². The van der Waals surface area contributed by atoms with Crippen LogP contribution in [0.1, 0.15) is 22.3 Å². The summed E-state index contributed by atoms with van der Waals surface area (Å²) in [6, 6.07) is 36.4. The van der Waals surface area contributed by atoms with Gasteiger partial charge in [0.2, 0.25) is 0 Å². The molecule has 0 bridgehead atoms. The summed E-state index contributed by atoms with van der Waals surface area (Å²) in [4.78, 5) is 0. The fourth-order valence-corrected chi connectivity index (χ4v) is 10.0. The highest BCUT2D eigenvalue weighted by atomic mass is 28.3. The van der Waals surface area contributed by atoms with Crippen molar-refractivity contribution in [1.82, 2.24) is 9.13 Å². The van der Waals surface area contributed by atoms with Gasteiger partial charge in [0.05, 0.1) is 33.2 Å². The van der Waals surface area contributed by atoms with Crippen molar-refractivity contribution in [2.75, 3.05) is 0 Å². The average Bonchev–Trinajstić information content (AvgIpc) is 3.60. The second-order valence-electron chi connectivity index (χ2n) is 13.8. The lowest BCUT2D eigenvalue weighted by molar-refractivity contribution is -0.142. The van der Waals surface area contributed by atoms with E-state index >= 15 is 0 Å². The van der Waals surface area contributed by atoms with E-state index in [2.05, 4.69) is 92.2 Å². The molecule has 0 fully saturated rings. The number of halogens is 6. The van der Waals surface area contributed by atoms with E-state index in [1.165, 1.54) is 37.2 Å². The highest BCUT2D eigenvalue weighted by molar-refractivity contribution is 7.00. The maximum Gasteiger partial charge on any atom is 0.418 e. The molecular formula is C42H32F6N2Si. The van der Waals surface area contributed by atoms with Crippen molar-refractivity contribution < 1.29 is 26.3 Å². The zero-order valence-corrected chi connectivity index (χ0v) is 29.2. The van der Waals surface area contributed by atoms with Gasteiger partial charge in [-0.2, -0.15) is 26.3 Å². The van der Waals surface area contributed by atoms with Gasteiger partial charge in [-0.05, 0) is 74.0 Å². The maximum absolute atomic E-state index is 14.4. The quantitative estimate of drug-likeness (QED) is 0.127. The Balaban J connectivity index is 1.21. The highest BCUT2D eigenvalue weighted by Crippen LogP contribution is 2.44. The Morgan fingerprint density at radius 1 is 0.490 bits per heavy atom. The molecule has 2 aromatic heterocycles. The number of benzene rings is 6. The third-order valence-corrected chi connectivity index (χ3v) is 13.8. The second-order valence-corrected chi connectivity index (χ2v) is 18.2. The number of aryl methyl sites for hydroxylation is 2. The number of alkyl halides is 6. The summed E-state index contributed by atoms with van der Waals surface area (Å²) in [5.74, 6) is 0. The minimum Gasteiger partial charge on any atom is -0.309 e. The molecule has 0 saturated heterocycles. The number of nitrogens with zero attached hydrogens (tertiary/aromatic N) is 2. The topological polar surface area (TPSA) is 9.86 Å². The number of para-hydroxylation sites is 2. The maximum atomic E-state index is 14.4. The summed E-state index contributed by atoms with van der Waals surface area (Å²) in [5, 5.41) is 4.89. The molecule has 0 radical (unpaired) electrons. The standard InChI is InChI=1S/C42H32F6N2Si/c1-25-21-26(2)39-34(22-25)32-9-5-7-11-37(32)49(39)28-13-17-30(18-14-28)51(3,4)31-19-15-29(16-20-31)50-38-12-8-6-10-33(38)35-23-27(41(43,44)45)24-36(40(35)50)42(46,47)48/h5-24H,1-4H3. The molecule has 0 unspecified atom stereocenters. The number of hydrogen-bond donors (Lipinski definition) is 0. The van der Waals surface area contributed by atoms with Crippen molar-refractivity contribution >= 4 is 62.1 Å². The third kappa shape index (κ3) is 5.25. The van der Waals surface area contributed by atoms with Gasteiger partial charge in [-0.25, -0.2) is 0 Å². The predicted molar refractivity (Wildman–Crippen MR) is 198 cm³/mol. The molecule has 0 N–H and O–H groups in total. The monoisotopic (exact) mass is 706 g/mol. The summed E-state index contributed by atoms with van der Waals surface area (Å²) in [7, 11) is -2.30. The number of hydrogen-bond acceptors (Lipinski definition) is 0. The van der Waals surface area contributed by atoms with Crippen molar-refractivity contribution in [3.8, 4) is 11.4 Å². The summed E-state index contributed by atoms with van der Waals surface area (Å²) in [6.07, 6.45) is -9.95. The molecule has 2 heterocycles. The van der Waals surface area contributed by atoms with Crippen LogP contribution in [0.4, 0.5) is 26.3 Å². The third-order valence-electron chi connectivity index (χ3n) is 10.2. The van der Waals surface area contributed by atoms with Crippen LogP contribution in [0.15, 0.2) is 121 Å². The SMILES string of the molecule is Cc1cc(C)c2c(c1)c1ccccc1n2-c1ccc([Si](C)(C)c2ccc(-n3c4ccccc4c4cc(C(F)(F)F)cc(C(F)(F)F)c43)cc2)cc1. The fraction of sp³-hybridized carbons (Fsp3) is 0.143. The molecule has 51 heavy (non-hydrogen) atoms. The minimum absolute atomic E-state index is 0.0970. The molecule has 256 valence electrons. The lowest BCUT2D eigenvalue weighted by Gasteiger charge is -2.25. The van der Waals surface area contributed by atoms with Crippen LogP contribution >= 0.6 is 0 Å². The number of fused-ring (bicyclic) bond motifs is 6. The van der Waals surface area contributed by atoms with E-state index in [4.69, 9.17) is 0 Å². The van der Waals surface area contributed by atoms with Gasteiger partial charge in [-0.3, -0.25) is 0 Å². The molecule has 0 amide bonds. The summed E-state index contributed by atoms with van der Waals surface area (Å²) >= 11 is 0. The Morgan fingerprint density at radius 3 is 1.45 bits per heavy atom. The molecule has 0 aliphatic carbocycles. The van der Waals surface area contributed by atoms with Crippen molar-refractivity contribution in [2.24, 2.45) is 0 Å². The van der Waals surface area contributed by atoms with Crippen molar-refractivity contribution in [1.29, 1.82) is 0 Å². The van der Waals surface area contributed by atoms with Crippen molar-refractivity contribution in [3.63, 3.8) is 0 Å². The van der Waals surface area contributed by atoms with Gasteiger partial charge in [-0.15, -0.1) is 0 Å². The van der Waals surface area contributed by atoms with E-state index in [1.54, 1.807) is 36.4 Å². The lowest BCUT2D eigenvalue weighted by Crippen LogP contribution is -2.52. The first-order valence-electron chi connectivity index (χ1n) is 16.6. The average molecular weight is 707 g/mol. The smallest absolute Gasteiger partial charge is 0.309 e. The number of rotatable bonds is 4. The van der Waals surface area contributed by atoms with Gasteiger partial charge >= 0.3 is 12.4 Å². The minimum atomic E-state index is -5.01. The predicted octanol–water partition coefficient (Wildman–Crippen LogP) is 11.4. The largest absolute Gasteiger partial charge is 0.418 e. The van der Waals surface area contributed by atoms with Gasteiger partial charge < -0.3 is 9.13 Å². The van der Waals surface area contributed by atoms with Crippen LogP contribution in [0.3, 0.4) is 0 Å². The van der Waals surface area contributed by atoms with Crippen LogP contribution in [-0.4, -0.2) is 17.2 Å². The highest BCUT2D eigenvalue weighted by Gasteiger charge is 2.40. The van der Waals surface area contributed by atoms with E-state index in [1.807, 2.05) is 12.1 Å². The van der Waals surface area contributed by atoms with Crippen LogP contribution in [0.2, 0.25) is 13.1 Å². The van der Waals surface area contributed by atoms with Crippen LogP contribution in [-0.2, 0) is 12.4 Å². The zero-order chi connectivity index (χ0) is 36.0. The summed E-state index contributed by atoms with van der Waals surface area (Å²) in [6.45, 7) is 8.71. The Bertz CT molecular complexity index is 2640. The lowest BCUT2D eigenvalue weighted by atomic mass is 10.0. The molecule has 0 atom stereocenters. The van der Waals surface area contributed by atoms with E-state index in [0.717, 1.165) is 22.5 Å². The molecule has 9 heteroatoms. The zero-order valence-electron chi connectivity index (χ0n) is 28.2. The van der Waals surface area contributed by atoms with Gasteiger partial charge in [0, 0.05) is 32.9 Å². The molecule has 8 rings (SSSR count). The molecule has 0 aliphatic heterocycles. The second kappa shape index (κ2) is 11.4. The molecular weight excluding hydrogens is 675 g/mol. The molecule has 8 aromatic rings. The van der Waals surface area contributed by atoms with Gasteiger partial charge in [0.15, 0.2) is 0 Å². The Kier molecular flexibility index (Phi) is 7.33. The molecule has 0 spiro atoms. The Morgan fingerprint density at radius 2 is 0.961 bits per heavy atom. The summed E-state index contributed by atoms with van der Waals surface area (Å²) in [5.41, 5.74) is 3.66. The van der Waals surface area contributed by atoms with E-state index in [-0.39, 0.29) is 17.0 Å². The molecule has 2 nitrogen and oxygen atoms in total. The van der Waals surface area contributed by atoms with E-state index in [9.17, 15) is 26.3 Å². The van der Waals surface area contributed by atoms with Gasteiger partial charge in [0.25, 0.3) is 0 Å². The molecule has 6 aromatic carbocycles. The van der Waals surface area contributed by atoms with E-state index < -0.39 is 31.6 Å². The van der Waals surface area contributed by atoms with Gasteiger partial charge in [-0.1, -0.05) is 95.8 Å². The summed E-state index contributed by atoms with van der Waals surface area (Å²) < 4.78 is 88.4. The van der Waals surface area contributed by atoms with Crippen LogP contribution in [0.25, 0.3) is 55.0 Å².